The SMILES string of the molecule is CC(C)CN(CCOc1ccccc1Cl)CC(=O)O. The van der Waals surface area contributed by atoms with Gasteiger partial charge in [-0.2, -0.15) is 0 Å². The molecule has 0 radical (unpaired) electrons. The van der Waals surface area contributed by atoms with Crippen LogP contribution in [0.1, 0.15) is 13.8 Å². The van der Waals surface area contributed by atoms with Gasteiger partial charge in [-0.05, 0) is 18.1 Å². The molecule has 0 aliphatic heterocycles. The van der Waals surface area contributed by atoms with E-state index < -0.39 is 5.97 Å². The van der Waals surface area contributed by atoms with E-state index in [1.807, 2.05) is 17.0 Å². The molecule has 1 aromatic rings. The first-order valence-corrected chi connectivity index (χ1v) is 6.68. The van der Waals surface area contributed by atoms with Crippen molar-refractivity contribution in [3.05, 3.63) is 29.3 Å². The molecule has 0 heterocycles. The number of carbonyl (C=O) groups is 1. The van der Waals surface area contributed by atoms with Crippen LogP contribution in [0.25, 0.3) is 0 Å². The van der Waals surface area contributed by atoms with Crippen LogP contribution in [-0.2, 0) is 4.79 Å². The maximum Gasteiger partial charge on any atom is 0.317 e. The van der Waals surface area contributed by atoms with Crippen molar-refractivity contribution in [3.63, 3.8) is 0 Å². The van der Waals surface area contributed by atoms with E-state index in [2.05, 4.69) is 13.8 Å². The molecule has 19 heavy (non-hydrogen) atoms. The molecular weight excluding hydrogens is 266 g/mol. The van der Waals surface area contributed by atoms with Crippen LogP contribution in [0.4, 0.5) is 0 Å². The fourth-order valence-corrected chi connectivity index (χ4v) is 1.98. The number of hydrogen-bond donors (Lipinski definition) is 1. The molecule has 0 atom stereocenters. The number of para-hydroxylation sites is 1. The number of halogens is 1. The smallest absolute Gasteiger partial charge is 0.317 e. The molecule has 1 N–H and O–H groups in total. The topological polar surface area (TPSA) is 49.8 Å². The van der Waals surface area contributed by atoms with Crippen LogP contribution < -0.4 is 4.74 Å². The first kappa shape index (κ1) is 15.8. The molecule has 0 bridgehead atoms. The third-order valence-electron chi connectivity index (χ3n) is 2.48. The lowest BCUT2D eigenvalue weighted by molar-refractivity contribution is -0.138. The highest BCUT2D eigenvalue weighted by Crippen LogP contribution is 2.22. The summed E-state index contributed by atoms with van der Waals surface area (Å²) in [5.74, 6) is 0.224. The van der Waals surface area contributed by atoms with Gasteiger partial charge in [0.1, 0.15) is 12.4 Å². The van der Waals surface area contributed by atoms with Crippen LogP contribution in [-0.4, -0.2) is 42.2 Å². The molecule has 1 rings (SSSR count). The number of carboxylic acids is 1. The predicted octanol–water partition coefficient (Wildman–Crippen LogP) is 2.76. The Bertz CT molecular complexity index is 409. The summed E-state index contributed by atoms with van der Waals surface area (Å²) in [4.78, 5) is 12.6. The van der Waals surface area contributed by atoms with Crippen molar-refractivity contribution < 1.29 is 14.6 Å². The summed E-state index contributed by atoms with van der Waals surface area (Å²) in [5.41, 5.74) is 0. The monoisotopic (exact) mass is 285 g/mol. The minimum absolute atomic E-state index is 0.0318. The van der Waals surface area contributed by atoms with Gasteiger partial charge in [-0.15, -0.1) is 0 Å². The highest BCUT2D eigenvalue weighted by atomic mass is 35.5. The van der Waals surface area contributed by atoms with Gasteiger partial charge >= 0.3 is 5.97 Å². The summed E-state index contributed by atoms with van der Waals surface area (Å²) in [6.45, 7) is 5.87. The second kappa shape index (κ2) is 8.02. The molecule has 0 unspecified atom stereocenters. The van der Waals surface area contributed by atoms with E-state index in [-0.39, 0.29) is 6.54 Å². The first-order chi connectivity index (χ1) is 8.99. The third kappa shape index (κ3) is 6.45. The van der Waals surface area contributed by atoms with E-state index in [1.54, 1.807) is 12.1 Å². The van der Waals surface area contributed by atoms with E-state index in [0.717, 1.165) is 6.54 Å². The molecular formula is C14H20ClNO3. The van der Waals surface area contributed by atoms with Gasteiger partial charge < -0.3 is 9.84 Å². The number of ether oxygens (including phenoxy) is 1. The Kier molecular flexibility index (Phi) is 6.67. The Labute approximate surface area is 118 Å². The van der Waals surface area contributed by atoms with E-state index >= 15 is 0 Å². The third-order valence-corrected chi connectivity index (χ3v) is 2.80. The molecule has 0 saturated heterocycles. The van der Waals surface area contributed by atoms with Gasteiger partial charge in [-0.1, -0.05) is 37.6 Å². The van der Waals surface area contributed by atoms with Crippen LogP contribution in [0.5, 0.6) is 5.75 Å². The maximum atomic E-state index is 10.8. The number of benzene rings is 1. The van der Waals surface area contributed by atoms with Gasteiger partial charge in [-0.25, -0.2) is 0 Å². The molecule has 0 amide bonds. The Balaban J connectivity index is 2.43. The zero-order valence-corrected chi connectivity index (χ0v) is 12.1. The summed E-state index contributed by atoms with van der Waals surface area (Å²) < 4.78 is 5.56. The van der Waals surface area contributed by atoms with E-state index in [9.17, 15) is 4.79 Å². The predicted molar refractivity (Wildman–Crippen MR) is 75.9 cm³/mol. The van der Waals surface area contributed by atoms with Gasteiger partial charge in [-0.3, -0.25) is 9.69 Å². The van der Waals surface area contributed by atoms with E-state index in [4.69, 9.17) is 21.4 Å². The molecule has 0 aromatic heterocycles. The molecule has 0 aliphatic carbocycles. The molecule has 4 nitrogen and oxygen atoms in total. The Morgan fingerprint density at radius 3 is 2.68 bits per heavy atom. The molecule has 5 heteroatoms. The highest BCUT2D eigenvalue weighted by molar-refractivity contribution is 6.32. The van der Waals surface area contributed by atoms with Crippen molar-refractivity contribution in [2.24, 2.45) is 5.92 Å². The van der Waals surface area contributed by atoms with Crippen molar-refractivity contribution in [2.45, 2.75) is 13.8 Å². The fourth-order valence-electron chi connectivity index (χ4n) is 1.79. The van der Waals surface area contributed by atoms with Gasteiger partial charge in [0.25, 0.3) is 0 Å². The fraction of sp³-hybridized carbons (Fsp3) is 0.500. The quantitative estimate of drug-likeness (QED) is 0.798. The number of carboxylic acid groups (broad SMARTS) is 1. The number of aliphatic carboxylic acids is 1. The molecule has 1 aromatic carbocycles. The van der Waals surface area contributed by atoms with Crippen LogP contribution >= 0.6 is 11.6 Å². The van der Waals surface area contributed by atoms with Crippen LogP contribution in [0.3, 0.4) is 0 Å². The maximum absolute atomic E-state index is 10.8. The zero-order chi connectivity index (χ0) is 14.3. The lowest BCUT2D eigenvalue weighted by atomic mass is 10.2. The van der Waals surface area contributed by atoms with Crippen molar-refractivity contribution >= 4 is 17.6 Å². The van der Waals surface area contributed by atoms with E-state index in [0.29, 0.717) is 29.8 Å². The number of rotatable bonds is 8. The lowest BCUT2D eigenvalue weighted by Crippen LogP contribution is -2.36. The summed E-state index contributed by atoms with van der Waals surface area (Å²) in [6.07, 6.45) is 0. The first-order valence-electron chi connectivity index (χ1n) is 6.30. The van der Waals surface area contributed by atoms with Crippen molar-refractivity contribution in [3.8, 4) is 5.75 Å². The van der Waals surface area contributed by atoms with Crippen LogP contribution in [0.15, 0.2) is 24.3 Å². The van der Waals surface area contributed by atoms with Crippen LogP contribution in [0.2, 0.25) is 5.02 Å². The van der Waals surface area contributed by atoms with Gasteiger partial charge in [0, 0.05) is 13.1 Å². The summed E-state index contributed by atoms with van der Waals surface area (Å²) in [6, 6.07) is 7.25. The average Bonchev–Trinajstić information content (AvgIpc) is 2.30. The molecule has 0 aliphatic rings. The minimum atomic E-state index is -0.821. The second-order valence-corrected chi connectivity index (χ2v) is 5.21. The van der Waals surface area contributed by atoms with Crippen molar-refractivity contribution in [2.75, 3.05) is 26.2 Å². The zero-order valence-electron chi connectivity index (χ0n) is 11.3. The Morgan fingerprint density at radius 1 is 1.42 bits per heavy atom. The van der Waals surface area contributed by atoms with Gasteiger partial charge in [0.2, 0.25) is 0 Å². The number of hydrogen-bond acceptors (Lipinski definition) is 3. The summed E-state index contributed by atoms with van der Waals surface area (Å²) in [7, 11) is 0. The molecule has 0 saturated carbocycles. The van der Waals surface area contributed by atoms with Crippen molar-refractivity contribution in [1.29, 1.82) is 0 Å². The van der Waals surface area contributed by atoms with Gasteiger partial charge in [0.15, 0.2) is 0 Å². The molecule has 0 spiro atoms. The molecule has 0 fully saturated rings. The Morgan fingerprint density at radius 2 is 2.11 bits per heavy atom. The minimum Gasteiger partial charge on any atom is -0.491 e. The Hall–Kier alpha value is -1.26. The van der Waals surface area contributed by atoms with Gasteiger partial charge in [0.05, 0.1) is 11.6 Å². The normalized spacial score (nSPS) is 11.0. The van der Waals surface area contributed by atoms with Crippen LogP contribution in [0, 0.1) is 5.92 Å². The summed E-state index contributed by atoms with van der Waals surface area (Å²) in [5, 5.41) is 9.42. The largest absolute Gasteiger partial charge is 0.491 e. The standard InChI is InChI=1S/C14H20ClNO3/c1-11(2)9-16(10-14(17)18)7-8-19-13-6-4-3-5-12(13)15/h3-6,11H,7-10H2,1-2H3,(H,17,18). The summed E-state index contributed by atoms with van der Waals surface area (Å²) >= 11 is 5.98. The van der Waals surface area contributed by atoms with E-state index in [1.165, 1.54) is 0 Å². The molecule has 106 valence electrons. The second-order valence-electron chi connectivity index (χ2n) is 4.80. The highest BCUT2D eigenvalue weighted by Gasteiger charge is 2.11. The lowest BCUT2D eigenvalue weighted by Gasteiger charge is -2.22. The average molecular weight is 286 g/mol. The number of nitrogens with zero attached hydrogens (tertiary/aromatic N) is 1. The van der Waals surface area contributed by atoms with Crippen molar-refractivity contribution in [1.82, 2.24) is 4.90 Å².